The molecule has 4 nitrogen and oxygen atoms in total. The van der Waals surface area contributed by atoms with Gasteiger partial charge in [0.1, 0.15) is 11.5 Å². The Morgan fingerprint density at radius 2 is 1.96 bits per heavy atom. The summed E-state index contributed by atoms with van der Waals surface area (Å²) in [5, 5.41) is 8.78. The minimum atomic E-state index is -2.95. The minimum Gasteiger partial charge on any atom is -0.481 e. The van der Waals surface area contributed by atoms with E-state index in [1.165, 1.54) is 6.92 Å². The Bertz CT molecular complexity index is 558. The molecule has 2 atom stereocenters. The molecule has 0 aromatic heterocycles. The first-order valence-electron chi connectivity index (χ1n) is 7.59. The lowest BCUT2D eigenvalue weighted by atomic mass is 9.68. The van der Waals surface area contributed by atoms with Gasteiger partial charge in [-0.1, -0.05) is 27.2 Å². The number of carbonyl (C=O) groups excluding carboxylic acids is 1. The van der Waals surface area contributed by atoms with Gasteiger partial charge in [0.15, 0.2) is 0 Å². The van der Waals surface area contributed by atoms with Crippen LogP contribution in [0.25, 0.3) is 0 Å². The maximum atomic E-state index is 13.5. The summed E-state index contributed by atoms with van der Waals surface area (Å²) < 4.78 is 27.0. The molecule has 130 valence electrons. The molecule has 2 unspecified atom stereocenters. The monoisotopic (exact) mass is 349 g/mol. The zero-order chi connectivity index (χ0) is 17.9. The van der Waals surface area contributed by atoms with Crippen LogP contribution in [0.5, 0.6) is 0 Å². The second-order valence-corrected chi connectivity index (χ2v) is 6.68. The first-order valence-corrected chi connectivity index (χ1v) is 7.97. The molecule has 0 fully saturated rings. The van der Waals surface area contributed by atoms with Crippen molar-refractivity contribution < 1.29 is 23.5 Å². The number of rotatable bonds is 7. The van der Waals surface area contributed by atoms with Gasteiger partial charge < -0.3 is 5.11 Å². The Morgan fingerprint density at radius 3 is 2.30 bits per heavy atom. The van der Waals surface area contributed by atoms with Crippen molar-refractivity contribution in [3.8, 4) is 0 Å². The molecule has 0 bridgehead atoms. The van der Waals surface area contributed by atoms with Crippen LogP contribution in [-0.4, -0.2) is 34.5 Å². The summed E-state index contributed by atoms with van der Waals surface area (Å²) in [5.74, 6) is -1.44. The van der Waals surface area contributed by atoms with E-state index in [2.05, 4.69) is 4.99 Å². The molecule has 0 aromatic rings. The van der Waals surface area contributed by atoms with Gasteiger partial charge in [-0.25, -0.2) is 8.78 Å². The number of dihydropyridines is 1. The molecule has 0 saturated carbocycles. The normalized spacial score (nSPS) is 25.1. The number of hydrogen-bond acceptors (Lipinski definition) is 3. The highest BCUT2D eigenvalue weighted by Gasteiger charge is 2.53. The third-order valence-electron chi connectivity index (χ3n) is 4.08. The van der Waals surface area contributed by atoms with E-state index in [4.69, 9.17) is 11.6 Å². The Hall–Kier alpha value is -1.30. The fourth-order valence-corrected chi connectivity index (χ4v) is 3.14. The van der Waals surface area contributed by atoms with Gasteiger partial charge in [-0.3, -0.25) is 14.6 Å². The van der Waals surface area contributed by atoms with Gasteiger partial charge in [0.05, 0.1) is 5.57 Å². The van der Waals surface area contributed by atoms with Crippen molar-refractivity contribution in [1.29, 1.82) is 0 Å². The SMILES string of the molecule is CCCC1=NC(C(F)F)C(C)(C(=O)O)C(CC(C)C)=C1C(=O)Cl. The van der Waals surface area contributed by atoms with E-state index in [0.717, 1.165) is 0 Å². The van der Waals surface area contributed by atoms with E-state index in [1.807, 2.05) is 20.8 Å². The number of carboxylic acid groups (broad SMARTS) is 1. The predicted molar refractivity (Wildman–Crippen MR) is 85.2 cm³/mol. The van der Waals surface area contributed by atoms with Gasteiger partial charge in [-0.2, -0.15) is 0 Å². The summed E-state index contributed by atoms with van der Waals surface area (Å²) in [6.45, 7) is 6.68. The van der Waals surface area contributed by atoms with Gasteiger partial charge in [0, 0.05) is 5.71 Å². The number of nitrogens with zero attached hydrogens (tertiary/aromatic N) is 1. The highest BCUT2D eigenvalue weighted by atomic mass is 35.5. The van der Waals surface area contributed by atoms with E-state index >= 15 is 0 Å². The first-order chi connectivity index (χ1) is 10.6. The van der Waals surface area contributed by atoms with Crippen LogP contribution in [-0.2, 0) is 9.59 Å². The van der Waals surface area contributed by atoms with Crippen molar-refractivity contribution in [2.45, 2.75) is 59.4 Å². The number of aliphatic carboxylic acids is 1. The van der Waals surface area contributed by atoms with Crippen molar-refractivity contribution in [3.63, 3.8) is 0 Å². The molecular weight excluding hydrogens is 328 g/mol. The maximum Gasteiger partial charge on any atom is 0.315 e. The Kier molecular flexibility index (Phi) is 6.45. The second-order valence-electron chi connectivity index (χ2n) is 6.34. The summed E-state index contributed by atoms with van der Waals surface area (Å²) in [5.41, 5.74) is -1.60. The van der Waals surface area contributed by atoms with Crippen LogP contribution in [0.1, 0.15) is 47.0 Å². The third kappa shape index (κ3) is 3.79. The number of carbonyl (C=O) groups is 2. The van der Waals surface area contributed by atoms with Crippen LogP contribution in [0.4, 0.5) is 8.78 Å². The van der Waals surface area contributed by atoms with Crippen molar-refractivity contribution in [1.82, 2.24) is 0 Å². The zero-order valence-corrected chi connectivity index (χ0v) is 14.5. The number of alkyl halides is 2. The second kappa shape index (κ2) is 7.51. The maximum absolute atomic E-state index is 13.5. The lowest BCUT2D eigenvalue weighted by Crippen LogP contribution is -2.49. The van der Waals surface area contributed by atoms with E-state index < -0.39 is 29.1 Å². The summed E-state index contributed by atoms with van der Waals surface area (Å²) in [6, 6.07) is -1.73. The molecule has 1 rings (SSSR count). The molecule has 0 radical (unpaired) electrons. The quantitative estimate of drug-likeness (QED) is 0.704. The number of carboxylic acids is 1. The highest BCUT2D eigenvalue weighted by molar-refractivity contribution is 6.71. The van der Waals surface area contributed by atoms with Gasteiger partial charge in [-0.05, 0) is 42.9 Å². The molecule has 23 heavy (non-hydrogen) atoms. The molecule has 0 spiro atoms. The smallest absolute Gasteiger partial charge is 0.315 e. The Balaban J connectivity index is 3.70. The number of allylic oxidation sites excluding steroid dienone is 1. The van der Waals surface area contributed by atoms with Crippen LogP contribution in [0.2, 0.25) is 0 Å². The van der Waals surface area contributed by atoms with E-state index in [1.54, 1.807) is 0 Å². The molecule has 0 saturated heterocycles. The Morgan fingerprint density at radius 1 is 1.39 bits per heavy atom. The molecule has 7 heteroatoms. The van der Waals surface area contributed by atoms with E-state index in [9.17, 15) is 23.5 Å². The van der Waals surface area contributed by atoms with Crippen LogP contribution in [0.15, 0.2) is 16.1 Å². The average Bonchev–Trinajstić information content (AvgIpc) is 2.40. The molecule has 0 aromatic carbocycles. The number of aliphatic imine (C=N–C) groups is 1. The average molecular weight is 350 g/mol. The van der Waals surface area contributed by atoms with Crippen molar-refractivity contribution in [2.75, 3.05) is 0 Å². The van der Waals surface area contributed by atoms with Crippen molar-refractivity contribution in [3.05, 3.63) is 11.1 Å². The van der Waals surface area contributed by atoms with Crippen LogP contribution in [0, 0.1) is 11.3 Å². The van der Waals surface area contributed by atoms with Gasteiger partial charge >= 0.3 is 5.97 Å². The Labute approximate surface area is 139 Å². The van der Waals surface area contributed by atoms with Crippen LogP contribution >= 0.6 is 11.6 Å². The molecule has 1 heterocycles. The highest BCUT2D eigenvalue weighted by Crippen LogP contribution is 2.45. The van der Waals surface area contributed by atoms with Crippen LogP contribution in [0.3, 0.4) is 0 Å². The standard InChI is InChI=1S/C16H22ClF2NO3/c1-5-6-10-11(13(17)21)9(7-8(2)3)16(4,15(22)23)12(20-10)14(18)19/h8,12,14H,5-7H2,1-4H3,(H,22,23). The van der Waals surface area contributed by atoms with Crippen molar-refractivity contribution in [2.24, 2.45) is 16.3 Å². The molecule has 1 N–H and O–H groups in total. The summed E-state index contributed by atoms with van der Waals surface area (Å²) >= 11 is 5.67. The molecule has 0 amide bonds. The largest absolute Gasteiger partial charge is 0.481 e. The summed E-state index contributed by atoms with van der Waals surface area (Å²) in [6.07, 6.45) is -1.87. The minimum absolute atomic E-state index is 0.00372. The molecule has 1 aliphatic rings. The van der Waals surface area contributed by atoms with Crippen LogP contribution < -0.4 is 0 Å². The lowest BCUT2D eigenvalue weighted by molar-refractivity contribution is -0.149. The zero-order valence-electron chi connectivity index (χ0n) is 13.7. The molecule has 1 aliphatic heterocycles. The fraction of sp³-hybridized carbons (Fsp3) is 0.688. The lowest BCUT2D eigenvalue weighted by Gasteiger charge is -2.39. The first kappa shape index (κ1) is 19.7. The predicted octanol–water partition coefficient (Wildman–Crippen LogP) is 4.07. The molecular formula is C16H22ClF2NO3. The van der Waals surface area contributed by atoms with Gasteiger partial charge in [0.25, 0.3) is 11.7 Å². The van der Waals surface area contributed by atoms with Crippen molar-refractivity contribution >= 4 is 28.5 Å². The number of hydrogen-bond donors (Lipinski definition) is 1. The van der Waals surface area contributed by atoms with Gasteiger partial charge in [-0.15, -0.1) is 0 Å². The topological polar surface area (TPSA) is 66.7 Å². The van der Waals surface area contributed by atoms with Gasteiger partial charge in [0.2, 0.25) is 0 Å². The summed E-state index contributed by atoms with van der Waals surface area (Å²) in [4.78, 5) is 27.7. The number of halogens is 3. The molecule has 0 aliphatic carbocycles. The van der Waals surface area contributed by atoms with E-state index in [-0.39, 0.29) is 29.2 Å². The summed E-state index contributed by atoms with van der Waals surface area (Å²) in [7, 11) is 0. The fourth-order valence-electron chi connectivity index (χ4n) is 2.92. The van der Waals surface area contributed by atoms with E-state index in [0.29, 0.717) is 12.8 Å². The third-order valence-corrected chi connectivity index (χ3v) is 4.27.